The molecule has 1 aliphatic heterocycles. The van der Waals surface area contributed by atoms with Gasteiger partial charge >= 0.3 is 0 Å². The predicted octanol–water partition coefficient (Wildman–Crippen LogP) is 4.38. The highest BCUT2D eigenvalue weighted by atomic mass is 35.5. The molecule has 4 heteroatoms. The molecule has 1 spiro atoms. The minimum atomic E-state index is -0.681. The molecule has 2 aromatic carbocycles. The third kappa shape index (κ3) is 2.11. The molecule has 0 radical (unpaired) electrons. The Balaban J connectivity index is 1.93. The predicted molar refractivity (Wildman–Crippen MR) is 94.5 cm³/mol. The summed E-state index contributed by atoms with van der Waals surface area (Å²) in [4.78, 5) is 25.3. The van der Waals surface area contributed by atoms with E-state index in [0.29, 0.717) is 24.3 Å². The van der Waals surface area contributed by atoms with E-state index in [-0.39, 0.29) is 17.6 Å². The van der Waals surface area contributed by atoms with Gasteiger partial charge in [0.05, 0.1) is 5.41 Å². The maximum Gasteiger partial charge on any atom is 0.235 e. The summed E-state index contributed by atoms with van der Waals surface area (Å²) in [5, 5.41) is 3.60. The molecular formula is C20H18ClNO2. The zero-order chi connectivity index (χ0) is 16.9. The second kappa shape index (κ2) is 5.45. The van der Waals surface area contributed by atoms with Crippen LogP contribution in [0.5, 0.6) is 0 Å². The first-order valence-corrected chi connectivity index (χ1v) is 8.59. The maximum atomic E-state index is 13.1. The van der Waals surface area contributed by atoms with Gasteiger partial charge in [0.15, 0.2) is 0 Å². The molecule has 1 heterocycles. The first-order valence-electron chi connectivity index (χ1n) is 8.21. The van der Waals surface area contributed by atoms with Crippen molar-refractivity contribution in [2.24, 2.45) is 0 Å². The molecule has 1 aliphatic carbocycles. The van der Waals surface area contributed by atoms with Gasteiger partial charge in [-0.3, -0.25) is 9.59 Å². The number of carbonyl (C=O) groups excluding carboxylic acids is 2. The van der Waals surface area contributed by atoms with Gasteiger partial charge in [0.25, 0.3) is 0 Å². The summed E-state index contributed by atoms with van der Waals surface area (Å²) < 4.78 is 0. The molecule has 1 fully saturated rings. The first kappa shape index (κ1) is 15.4. The van der Waals surface area contributed by atoms with E-state index in [4.69, 9.17) is 11.6 Å². The number of fused-ring (bicyclic) bond motifs is 2. The third-order valence-electron chi connectivity index (χ3n) is 5.50. The van der Waals surface area contributed by atoms with Gasteiger partial charge in [-0.05, 0) is 42.2 Å². The monoisotopic (exact) mass is 339 g/mol. The van der Waals surface area contributed by atoms with Crippen LogP contribution in [-0.4, -0.2) is 11.7 Å². The van der Waals surface area contributed by atoms with Gasteiger partial charge in [0.2, 0.25) is 5.91 Å². The van der Waals surface area contributed by atoms with E-state index in [0.717, 1.165) is 22.4 Å². The quantitative estimate of drug-likeness (QED) is 0.838. The summed E-state index contributed by atoms with van der Waals surface area (Å²) in [5.74, 6) is 0.0759. The van der Waals surface area contributed by atoms with Crippen molar-refractivity contribution in [2.45, 2.75) is 37.5 Å². The molecule has 4 rings (SSSR count). The number of aryl methyl sites for hydroxylation is 1. The largest absolute Gasteiger partial charge is 0.325 e. The van der Waals surface area contributed by atoms with Crippen LogP contribution in [0, 0.1) is 6.92 Å². The van der Waals surface area contributed by atoms with Crippen LogP contribution in [0.2, 0.25) is 5.02 Å². The van der Waals surface area contributed by atoms with Gasteiger partial charge in [0, 0.05) is 29.5 Å². The topological polar surface area (TPSA) is 46.2 Å². The lowest BCUT2D eigenvalue weighted by molar-refractivity contribution is -0.127. The van der Waals surface area contributed by atoms with Crippen LogP contribution < -0.4 is 5.32 Å². The number of rotatable bonds is 1. The number of hydrogen-bond acceptors (Lipinski definition) is 2. The van der Waals surface area contributed by atoms with Crippen LogP contribution in [0.3, 0.4) is 0 Å². The minimum absolute atomic E-state index is 0.0134. The zero-order valence-electron chi connectivity index (χ0n) is 13.4. The van der Waals surface area contributed by atoms with Crippen LogP contribution in [-0.2, 0) is 15.0 Å². The number of Topliss-reactive ketones (excluding diaryl/α,β-unsaturated/α-hetero) is 1. The van der Waals surface area contributed by atoms with Crippen molar-refractivity contribution in [1.82, 2.24) is 0 Å². The molecule has 0 bridgehead atoms. The van der Waals surface area contributed by atoms with Crippen molar-refractivity contribution >= 4 is 29.0 Å². The van der Waals surface area contributed by atoms with Crippen molar-refractivity contribution in [3.05, 3.63) is 64.2 Å². The van der Waals surface area contributed by atoms with Gasteiger partial charge in [0.1, 0.15) is 5.78 Å². The van der Waals surface area contributed by atoms with Crippen molar-refractivity contribution in [3.63, 3.8) is 0 Å². The number of anilines is 1. The second-order valence-corrected chi connectivity index (χ2v) is 7.20. The fourth-order valence-electron chi connectivity index (χ4n) is 4.33. The summed E-state index contributed by atoms with van der Waals surface area (Å²) in [5.41, 5.74) is 3.27. The van der Waals surface area contributed by atoms with Crippen LogP contribution in [0.15, 0.2) is 42.5 Å². The lowest BCUT2D eigenvalue weighted by atomic mass is 9.60. The fraction of sp³-hybridized carbons (Fsp3) is 0.300. The van der Waals surface area contributed by atoms with Gasteiger partial charge in [-0.1, -0.05) is 41.9 Å². The lowest BCUT2D eigenvalue weighted by Gasteiger charge is -2.40. The Kier molecular flexibility index (Phi) is 3.50. The molecule has 122 valence electrons. The average Bonchev–Trinajstić information content (AvgIpc) is 2.82. The van der Waals surface area contributed by atoms with Crippen LogP contribution in [0.1, 0.15) is 41.9 Å². The highest BCUT2D eigenvalue weighted by Crippen LogP contribution is 2.54. The summed E-state index contributed by atoms with van der Waals surface area (Å²) in [6.07, 6.45) is 1.39. The van der Waals surface area contributed by atoms with Crippen molar-refractivity contribution in [1.29, 1.82) is 0 Å². The van der Waals surface area contributed by atoms with Crippen LogP contribution >= 0.6 is 11.6 Å². The molecule has 2 aliphatic rings. The average molecular weight is 340 g/mol. The smallest absolute Gasteiger partial charge is 0.235 e. The van der Waals surface area contributed by atoms with Crippen molar-refractivity contribution < 1.29 is 9.59 Å². The van der Waals surface area contributed by atoms with E-state index in [1.165, 1.54) is 0 Å². The highest BCUT2D eigenvalue weighted by Gasteiger charge is 2.55. The zero-order valence-corrected chi connectivity index (χ0v) is 14.2. The number of ketones is 1. The SMILES string of the molecule is Cc1ccccc1[C@@H]1CC(=O)CC[C@@]12C(=O)Nc1cc(Cl)ccc12. The second-order valence-electron chi connectivity index (χ2n) is 6.77. The summed E-state index contributed by atoms with van der Waals surface area (Å²) >= 11 is 6.09. The normalized spacial score (nSPS) is 25.7. The Morgan fingerprint density at radius 3 is 2.75 bits per heavy atom. The molecule has 1 amide bonds. The Morgan fingerprint density at radius 2 is 1.96 bits per heavy atom. The molecule has 2 atom stereocenters. The van der Waals surface area contributed by atoms with Gasteiger partial charge in [-0.2, -0.15) is 0 Å². The molecule has 3 nitrogen and oxygen atoms in total. The Morgan fingerprint density at radius 1 is 1.17 bits per heavy atom. The molecular weight excluding hydrogens is 322 g/mol. The van der Waals surface area contributed by atoms with Crippen molar-refractivity contribution in [2.75, 3.05) is 5.32 Å². The minimum Gasteiger partial charge on any atom is -0.325 e. The van der Waals surface area contributed by atoms with Gasteiger partial charge in [-0.15, -0.1) is 0 Å². The third-order valence-corrected chi connectivity index (χ3v) is 5.74. The lowest BCUT2D eigenvalue weighted by Crippen LogP contribution is -2.45. The number of halogens is 1. The molecule has 0 saturated heterocycles. The summed E-state index contributed by atoms with van der Waals surface area (Å²) in [6, 6.07) is 13.6. The highest BCUT2D eigenvalue weighted by molar-refractivity contribution is 6.31. The number of hydrogen-bond donors (Lipinski definition) is 1. The molecule has 0 aromatic heterocycles. The van der Waals surface area contributed by atoms with Crippen LogP contribution in [0.4, 0.5) is 5.69 Å². The number of carbonyl (C=O) groups is 2. The molecule has 1 saturated carbocycles. The number of benzene rings is 2. The molecule has 1 N–H and O–H groups in total. The number of nitrogens with one attached hydrogen (secondary N) is 1. The standard InChI is InChI=1S/C20H18ClNO2/c1-12-4-2-3-5-15(12)17-11-14(23)8-9-20(17)16-7-6-13(21)10-18(16)22-19(20)24/h2-7,10,17H,8-9,11H2,1H3,(H,22,24)/t17-,20-/m0/s1. The Labute approximate surface area is 146 Å². The first-order chi connectivity index (χ1) is 11.5. The van der Waals surface area contributed by atoms with E-state index >= 15 is 0 Å². The van der Waals surface area contributed by atoms with Crippen molar-refractivity contribution in [3.8, 4) is 0 Å². The van der Waals surface area contributed by atoms with E-state index < -0.39 is 5.41 Å². The van der Waals surface area contributed by atoms with E-state index in [1.54, 1.807) is 6.07 Å². The summed E-state index contributed by atoms with van der Waals surface area (Å²) in [6.45, 7) is 2.04. The van der Waals surface area contributed by atoms with E-state index in [9.17, 15) is 9.59 Å². The fourth-order valence-corrected chi connectivity index (χ4v) is 4.50. The van der Waals surface area contributed by atoms with E-state index in [2.05, 4.69) is 5.32 Å². The van der Waals surface area contributed by atoms with Gasteiger partial charge < -0.3 is 5.32 Å². The molecule has 2 aromatic rings. The Hall–Kier alpha value is -2.13. The molecule has 24 heavy (non-hydrogen) atoms. The summed E-state index contributed by atoms with van der Waals surface area (Å²) in [7, 11) is 0. The maximum absolute atomic E-state index is 13.1. The van der Waals surface area contributed by atoms with E-state index in [1.807, 2.05) is 43.3 Å². The van der Waals surface area contributed by atoms with Crippen LogP contribution in [0.25, 0.3) is 0 Å². The number of amides is 1. The van der Waals surface area contributed by atoms with Gasteiger partial charge in [-0.25, -0.2) is 0 Å². The molecule has 0 unspecified atom stereocenters. The Bertz CT molecular complexity index is 860.